The molecule has 0 spiro atoms. The van der Waals surface area contributed by atoms with Crippen molar-refractivity contribution in [3.63, 3.8) is 0 Å². The van der Waals surface area contributed by atoms with E-state index in [0.29, 0.717) is 0 Å². The average molecular weight is 198 g/mol. The van der Waals surface area contributed by atoms with E-state index in [4.69, 9.17) is 0 Å². The summed E-state index contributed by atoms with van der Waals surface area (Å²) in [4.78, 5) is 11.5. The fraction of sp³-hybridized carbons (Fsp3) is 0.727. The molecule has 2 N–H and O–H groups in total. The van der Waals surface area contributed by atoms with Gasteiger partial charge in [-0.3, -0.25) is 4.79 Å². The van der Waals surface area contributed by atoms with Gasteiger partial charge in [-0.05, 0) is 20.3 Å². The van der Waals surface area contributed by atoms with Crippen molar-refractivity contribution in [2.75, 3.05) is 6.54 Å². The molecule has 2 unspecified atom stereocenters. The van der Waals surface area contributed by atoms with Crippen LogP contribution in [0.3, 0.4) is 0 Å². The molecule has 0 aromatic heterocycles. The lowest BCUT2D eigenvalue weighted by Gasteiger charge is -2.16. The maximum absolute atomic E-state index is 11.5. The summed E-state index contributed by atoms with van der Waals surface area (Å²) in [5.74, 6) is 0.0622. The van der Waals surface area contributed by atoms with E-state index in [1.807, 2.05) is 13.8 Å². The van der Waals surface area contributed by atoms with Crippen LogP contribution in [0, 0.1) is 0 Å². The third-order valence-electron chi connectivity index (χ3n) is 2.09. The molecule has 0 heterocycles. The zero-order chi connectivity index (χ0) is 11.0. The Hall–Kier alpha value is -0.830. The molecule has 0 saturated carbocycles. The number of unbranched alkanes of at least 4 members (excludes halogenated alkanes) is 1. The van der Waals surface area contributed by atoms with E-state index in [1.54, 1.807) is 6.08 Å². The molecule has 82 valence electrons. The number of nitrogens with one attached hydrogen (secondary N) is 2. The first-order valence-electron chi connectivity index (χ1n) is 5.28. The van der Waals surface area contributed by atoms with Gasteiger partial charge in [0.2, 0.25) is 5.91 Å². The van der Waals surface area contributed by atoms with Gasteiger partial charge < -0.3 is 10.6 Å². The molecule has 0 saturated heterocycles. The third-order valence-corrected chi connectivity index (χ3v) is 2.09. The molecule has 3 heteroatoms. The quantitative estimate of drug-likeness (QED) is 0.480. The lowest BCUT2D eigenvalue weighted by Crippen LogP contribution is -2.45. The van der Waals surface area contributed by atoms with E-state index in [9.17, 15) is 4.79 Å². The maximum Gasteiger partial charge on any atom is 0.236 e. The van der Waals surface area contributed by atoms with Crippen LogP contribution in [0.5, 0.6) is 0 Å². The fourth-order valence-electron chi connectivity index (χ4n) is 1.08. The second-order valence-electron chi connectivity index (χ2n) is 3.56. The maximum atomic E-state index is 11.5. The molecular weight excluding hydrogens is 176 g/mol. The van der Waals surface area contributed by atoms with Gasteiger partial charge in [-0.25, -0.2) is 0 Å². The summed E-state index contributed by atoms with van der Waals surface area (Å²) in [6.07, 6.45) is 3.93. The average Bonchev–Trinajstić information content (AvgIpc) is 2.17. The first-order valence-corrected chi connectivity index (χ1v) is 5.28. The van der Waals surface area contributed by atoms with Crippen LogP contribution < -0.4 is 10.6 Å². The lowest BCUT2D eigenvalue weighted by molar-refractivity contribution is -0.122. The molecular formula is C11H22N2O. The Kier molecular flexibility index (Phi) is 7.11. The van der Waals surface area contributed by atoms with Gasteiger partial charge in [0.25, 0.3) is 0 Å². The van der Waals surface area contributed by atoms with E-state index in [-0.39, 0.29) is 18.0 Å². The van der Waals surface area contributed by atoms with Crippen molar-refractivity contribution in [2.24, 2.45) is 0 Å². The zero-order valence-corrected chi connectivity index (χ0v) is 9.47. The first-order chi connectivity index (χ1) is 6.61. The van der Waals surface area contributed by atoms with Crippen LogP contribution in [0.15, 0.2) is 12.7 Å². The predicted octanol–water partition coefficient (Wildman–Crippen LogP) is 1.46. The van der Waals surface area contributed by atoms with Crippen LogP contribution in [0.1, 0.15) is 33.6 Å². The van der Waals surface area contributed by atoms with Crippen molar-refractivity contribution in [2.45, 2.75) is 45.7 Å². The molecule has 0 aliphatic rings. The van der Waals surface area contributed by atoms with Crippen LogP contribution in [-0.2, 0) is 4.79 Å². The van der Waals surface area contributed by atoms with E-state index < -0.39 is 0 Å². The monoisotopic (exact) mass is 198 g/mol. The molecule has 0 aliphatic carbocycles. The van der Waals surface area contributed by atoms with Gasteiger partial charge in [0.15, 0.2) is 0 Å². The highest BCUT2D eigenvalue weighted by Crippen LogP contribution is 1.89. The number of amides is 1. The topological polar surface area (TPSA) is 41.1 Å². The van der Waals surface area contributed by atoms with Crippen molar-refractivity contribution in [3.8, 4) is 0 Å². The van der Waals surface area contributed by atoms with Gasteiger partial charge in [0.05, 0.1) is 6.04 Å². The molecule has 0 rings (SSSR count). The molecule has 0 radical (unpaired) electrons. The second kappa shape index (κ2) is 7.56. The highest BCUT2D eigenvalue weighted by Gasteiger charge is 2.12. The van der Waals surface area contributed by atoms with E-state index in [2.05, 4.69) is 24.1 Å². The molecule has 1 amide bonds. The standard InChI is InChI=1S/C11H22N2O/c1-5-7-8-12-11(14)10(4)13-9(3)6-2/h6,9-10,13H,2,5,7-8H2,1,3-4H3,(H,12,14). The highest BCUT2D eigenvalue weighted by molar-refractivity contribution is 5.81. The lowest BCUT2D eigenvalue weighted by atomic mass is 10.2. The Bertz CT molecular complexity index is 180. The van der Waals surface area contributed by atoms with Gasteiger partial charge in [0.1, 0.15) is 0 Å². The minimum atomic E-state index is -0.153. The molecule has 0 fully saturated rings. The normalized spacial score (nSPS) is 14.5. The van der Waals surface area contributed by atoms with Crippen molar-refractivity contribution in [1.82, 2.24) is 10.6 Å². The van der Waals surface area contributed by atoms with Crippen LogP contribution in [0.25, 0.3) is 0 Å². The summed E-state index contributed by atoms with van der Waals surface area (Å²) in [5, 5.41) is 6.00. The molecule has 0 aromatic rings. The highest BCUT2D eigenvalue weighted by atomic mass is 16.2. The summed E-state index contributed by atoms with van der Waals surface area (Å²) in [6.45, 7) is 10.4. The van der Waals surface area contributed by atoms with Crippen LogP contribution in [-0.4, -0.2) is 24.5 Å². The number of hydrogen-bond donors (Lipinski definition) is 2. The number of carbonyl (C=O) groups excluding carboxylic acids is 1. The summed E-state index contributed by atoms with van der Waals surface area (Å²) in [6, 6.07) is 0.0155. The molecule has 0 bridgehead atoms. The van der Waals surface area contributed by atoms with Crippen molar-refractivity contribution >= 4 is 5.91 Å². The van der Waals surface area contributed by atoms with E-state index in [0.717, 1.165) is 19.4 Å². The van der Waals surface area contributed by atoms with Gasteiger partial charge in [0, 0.05) is 12.6 Å². The van der Waals surface area contributed by atoms with Crippen molar-refractivity contribution < 1.29 is 4.79 Å². The van der Waals surface area contributed by atoms with Gasteiger partial charge >= 0.3 is 0 Å². The first kappa shape index (κ1) is 13.2. The molecule has 0 aliphatic heterocycles. The van der Waals surface area contributed by atoms with Gasteiger partial charge in [-0.1, -0.05) is 19.4 Å². The summed E-state index contributed by atoms with van der Waals surface area (Å²) in [7, 11) is 0. The Labute approximate surface area is 87.0 Å². The SMILES string of the molecule is C=CC(C)NC(C)C(=O)NCCCC. The van der Waals surface area contributed by atoms with Crippen LogP contribution in [0.4, 0.5) is 0 Å². The van der Waals surface area contributed by atoms with Crippen molar-refractivity contribution in [1.29, 1.82) is 0 Å². The Morgan fingerprint density at radius 3 is 2.64 bits per heavy atom. The van der Waals surface area contributed by atoms with Gasteiger partial charge in [-0.15, -0.1) is 6.58 Å². The zero-order valence-electron chi connectivity index (χ0n) is 9.47. The molecule has 14 heavy (non-hydrogen) atoms. The summed E-state index contributed by atoms with van der Waals surface area (Å²) >= 11 is 0. The number of hydrogen-bond acceptors (Lipinski definition) is 2. The molecule has 0 aromatic carbocycles. The second-order valence-corrected chi connectivity index (χ2v) is 3.56. The smallest absolute Gasteiger partial charge is 0.236 e. The minimum absolute atomic E-state index is 0.0622. The number of carbonyl (C=O) groups is 1. The predicted molar refractivity (Wildman–Crippen MR) is 60.2 cm³/mol. The van der Waals surface area contributed by atoms with E-state index >= 15 is 0 Å². The van der Waals surface area contributed by atoms with Gasteiger partial charge in [-0.2, -0.15) is 0 Å². The van der Waals surface area contributed by atoms with Crippen LogP contribution in [0.2, 0.25) is 0 Å². The minimum Gasteiger partial charge on any atom is -0.355 e. The Morgan fingerprint density at radius 2 is 2.14 bits per heavy atom. The summed E-state index contributed by atoms with van der Waals surface area (Å²) in [5.41, 5.74) is 0. The van der Waals surface area contributed by atoms with E-state index in [1.165, 1.54) is 0 Å². The molecule has 3 nitrogen and oxygen atoms in total. The van der Waals surface area contributed by atoms with Crippen LogP contribution >= 0.6 is 0 Å². The van der Waals surface area contributed by atoms with Crippen molar-refractivity contribution in [3.05, 3.63) is 12.7 Å². The molecule has 2 atom stereocenters. The Morgan fingerprint density at radius 1 is 1.50 bits per heavy atom. The number of rotatable bonds is 7. The summed E-state index contributed by atoms with van der Waals surface area (Å²) < 4.78 is 0. The Balaban J connectivity index is 3.70. The third kappa shape index (κ3) is 5.75. The fourth-order valence-corrected chi connectivity index (χ4v) is 1.08. The largest absolute Gasteiger partial charge is 0.355 e.